The molecule has 156 valence electrons. The van der Waals surface area contributed by atoms with Crippen LogP contribution in [-0.2, 0) is 19.5 Å². The van der Waals surface area contributed by atoms with E-state index in [1.807, 2.05) is 4.90 Å². The van der Waals surface area contributed by atoms with E-state index in [4.69, 9.17) is 8.22 Å². The number of hydrogen-bond donors (Lipinski definition) is 0. The Balaban J connectivity index is 1.42. The normalized spacial score (nSPS) is 23.5. The Labute approximate surface area is 185 Å². The second-order valence-corrected chi connectivity index (χ2v) is 7.24. The summed E-state index contributed by atoms with van der Waals surface area (Å²) in [5, 5.41) is 4.27. The summed E-state index contributed by atoms with van der Waals surface area (Å²) in [6, 6.07) is 5.16. The molecule has 0 amide bonds. The Morgan fingerprint density at radius 1 is 1.03 bits per heavy atom. The van der Waals surface area contributed by atoms with Crippen LogP contribution in [0.25, 0.3) is 10.9 Å². The fourth-order valence-corrected chi connectivity index (χ4v) is 3.95. The monoisotopic (exact) mass is 425 g/mol. The molecule has 0 saturated heterocycles. The molecule has 3 aromatic heterocycles. The fraction of sp³-hybridized carbons (Fsp3) is 0.273. The number of rotatable bonds is 2. The SMILES string of the molecule is [2H]C1([2H])N(c2cnc3c(c2)CN(c2ncnc4cc(F)c(F)cc24)CC3)c2ccnn2C([2H])([2H])C1([2H])[2H]. The molecule has 7 nitrogen and oxygen atoms in total. The van der Waals surface area contributed by atoms with Gasteiger partial charge in [-0.25, -0.2) is 23.4 Å². The number of hydrogen-bond acceptors (Lipinski definition) is 6. The molecule has 0 atom stereocenters. The topological polar surface area (TPSA) is 63.0 Å². The molecule has 1 aromatic carbocycles. The van der Waals surface area contributed by atoms with Crippen LogP contribution < -0.4 is 9.80 Å². The summed E-state index contributed by atoms with van der Waals surface area (Å²) in [4.78, 5) is 15.8. The Kier molecular flexibility index (Phi) is 2.91. The van der Waals surface area contributed by atoms with Crippen molar-refractivity contribution in [3.63, 3.8) is 0 Å². The predicted molar refractivity (Wildman–Crippen MR) is 112 cm³/mol. The highest BCUT2D eigenvalue weighted by molar-refractivity contribution is 5.89. The Morgan fingerprint density at radius 2 is 1.94 bits per heavy atom. The van der Waals surface area contributed by atoms with Crippen molar-refractivity contribution in [1.82, 2.24) is 24.7 Å². The van der Waals surface area contributed by atoms with Gasteiger partial charge in [0.05, 0.1) is 26.3 Å². The molecular weight excluding hydrogens is 400 g/mol. The number of halogens is 2. The van der Waals surface area contributed by atoms with Gasteiger partial charge >= 0.3 is 0 Å². The molecule has 5 heterocycles. The van der Waals surface area contributed by atoms with Crippen molar-refractivity contribution >= 4 is 28.2 Å². The molecule has 0 unspecified atom stereocenters. The fourth-order valence-electron chi connectivity index (χ4n) is 3.95. The first-order valence-electron chi connectivity index (χ1n) is 12.6. The molecule has 0 saturated carbocycles. The van der Waals surface area contributed by atoms with Crippen molar-refractivity contribution in [3.8, 4) is 0 Å². The molecule has 0 fully saturated rings. The second-order valence-electron chi connectivity index (χ2n) is 7.24. The lowest BCUT2D eigenvalue weighted by molar-refractivity contribution is 0.510. The summed E-state index contributed by atoms with van der Waals surface area (Å²) in [5.74, 6) is -1.56. The molecule has 0 bridgehead atoms. The van der Waals surface area contributed by atoms with E-state index in [0.717, 1.165) is 27.4 Å². The van der Waals surface area contributed by atoms with E-state index in [1.54, 1.807) is 6.07 Å². The van der Waals surface area contributed by atoms with Crippen molar-refractivity contribution in [2.75, 3.05) is 22.8 Å². The first kappa shape index (κ1) is 12.9. The standard InChI is InChI=1S/C22H19F2N7/c23-17-9-16-20(10-18(17)24)26-13-27-22(16)29-7-3-19-14(12-29)8-15(11-25-19)30-5-1-6-31-21(30)2-4-28-31/h2,4,8-11,13H,1,3,5-7,12H2/i1D2,5D2,6D2. The first-order valence-corrected chi connectivity index (χ1v) is 9.61. The van der Waals surface area contributed by atoms with E-state index in [2.05, 4.69) is 20.1 Å². The molecule has 31 heavy (non-hydrogen) atoms. The average Bonchev–Trinajstić information content (AvgIpc) is 3.33. The van der Waals surface area contributed by atoms with Gasteiger partial charge < -0.3 is 9.80 Å². The summed E-state index contributed by atoms with van der Waals surface area (Å²) in [6.07, 6.45) is 1.52. The zero-order chi connectivity index (χ0) is 26.3. The molecule has 0 radical (unpaired) electrons. The van der Waals surface area contributed by atoms with Crippen LogP contribution in [0.3, 0.4) is 0 Å². The van der Waals surface area contributed by atoms with Gasteiger partial charge in [-0.15, -0.1) is 0 Å². The number of benzene rings is 1. The molecule has 0 aliphatic carbocycles. The third kappa shape index (κ3) is 2.99. The largest absolute Gasteiger partial charge is 0.351 e. The van der Waals surface area contributed by atoms with Crippen LogP contribution in [0.4, 0.5) is 26.1 Å². The van der Waals surface area contributed by atoms with Crippen molar-refractivity contribution < 1.29 is 17.0 Å². The number of anilines is 3. The zero-order valence-corrected chi connectivity index (χ0v) is 16.0. The molecule has 2 aliphatic rings. The average molecular weight is 425 g/mol. The Hall–Kier alpha value is -3.62. The maximum atomic E-state index is 14.0. The van der Waals surface area contributed by atoms with E-state index in [-0.39, 0.29) is 23.6 Å². The smallest absolute Gasteiger partial charge is 0.161 e. The number of fused-ring (bicyclic) bond motifs is 3. The van der Waals surface area contributed by atoms with Gasteiger partial charge in [0.15, 0.2) is 11.6 Å². The highest BCUT2D eigenvalue weighted by Gasteiger charge is 2.24. The second kappa shape index (κ2) is 6.97. The highest BCUT2D eigenvalue weighted by atomic mass is 19.2. The molecule has 9 heteroatoms. The predicted octanol–water partition coefficient (Wildman–Crippen LogP) is 3.60. The maximum Gasteiger partial charge on any atom is 0.161 e. The van der Waals surface area contributed by atoms with Crippen LogP contribution in [-0.4, -0.2) is 37.8 Å². The van der Waals surface area contributed by atoms with Crippen molar-refractivity contribution in [1.29, 1.82) is 0 Å². The molecule has 4 aromatic rings. The molecule has 6 rings (SSSR count). The van der Waals surface area contributed by atoms with Crippen LogP contribution >= 0.6 is 0 Å². The lowest BCUT2D eigenvalue weighted by Crippen LogP contribution is -2.33. The maximum absolute atomic E-state index is 14.0. The number of pyridine rings is 1. The summed E-state index contributed by atoms with van der Waals surface area (Å²) >= 11 is 0. The van der Waals surface area contributed by atoms with Gasteiger partial charge in [-0.3, -0.25) is 4.98 Å². The van der Waals surface area contributed by atoms with Gasteiger partial charge in [-0.1, -0.05) is 0 Å². The molecule has 0 spiro atoms. The van der Waals surface area contributed by atoms with E-state index >= 15 is 0 Å². The van der Waals surface area contributed by atoms with E-state index in [0.29, 0.717) is 29.7 Å². The summed E-state index contributed by atoms with van der Waals surface area (Å²) in [6.45, 7) is -4.77. The lowest BCUT2D eigenvalue weighted by atomic mass is 10.0. The van der Waals surface area contributed by atoms with Gasteiger partial charge in [-0.05, 0) is 24.1 Å². The zero-order valence-electron chi connectivity index (χ0n) is 22.0. The number of aromatic nitrogens is 5. The van der Waals surface area contributed by atoms with E-state index < -0.39 is 31.0 Å². The van der Waals surface area contributed by atoms with Crippen LogP contribution in [0.5, 0.6) is 0 Å². The molecule has 0 N–H and O–H groups in total. The Morgan fingerprint density at radius 3 is 2.87 bits per heavy atom. The lowest BCUT2D eigenvalue weighted by Gasteiger charge is -2.33. The van der Waals surface area contributed by atoms with E-state index in [9.17, 15) is 8.78 Å². The van der Waals surface area contributed by atoms with Gasteiger partial charge in [-0.2, -0.15) is 5.10 Å². The summed E-state index contributed by atoms with van der Waals surface area (Å²) in [5.41, 5.74) is 1.93. The summed E-state index contributed by atoms with van der Waals surface area (Å²) < 4.78 is 79.0. The Bertz CT molecular complexity index is 1560. The van der Waals surface area contributed by atoms with Crippen LogP contribution in [0.2, 0.25) is 0 Å². The van der Waals surface area contributed by atoms with Gasteiger partial charge in [0.2, 0.25) is 0 Å². The third-order valence-corrected chi connectivity index (χ3v) is 5.42. The van der Waals surface area contributed by atoms with Gasteiger partial charge in [0, 0.05) is 61.2 Å². The van der Waals surface area contributed by atoms with Crippen molar-refractivity contribution in [2.24, 2.45) is 0 Å². The number of nitrogens with zero attached hydrogens (tertiary/aromatic N) is 7. The van der Waals surface area contributed by atoms with Gasteiger partial charge in [0.25, 0.3) is 0 Å². The minimum absolute atomic E-state index is 0.0406. The number of aryl methyl sites for hydroxylation is 1. The molecular formula is C22H19F2N7. The van der Waals surface area contributed by atoms with Crippen LogP contribution in [0, 0.1) is 11.6 Å². The molecule has 2 aliphatic heterocycles. The summed E-state index contributed by atoms with van der Waals surface area (Å²) in [7, 11) is 0. The van der Waals surface area contributed by atoms with Crippen molar-refractivity contribution in [3.05, 3.63) is 65.9 Å². The van der Waals surface area contributed by atoms with Gasteiger partial charge in [0.1, 0.15) is 18.0 Å². The quantitative estimate of drug-likeness (QED) is 0.489. The first-order chi connectivity index (χ1) is 17.4. The minimum Gasteiger partial charge on any atom is -0.351 e. The third-order valence-electron chi connectivity index (χ3n) is 5.42. The van der Waals surface area contributed by atoms with Crippen LogP contribution in [0.15, 0.2) is 43.0 Å². The van der Waals surface area contributed by atoms with Crippen molar-refractivity contribution in [2.45, 2.75) is 25.8 Å². The van der Waals surface area contributed by atoms with E-state index in [1.165, 1.54) is 24.8 Å². The van der Waals surface area contributed by atoms with Crippen LogP contribution in [0.1, 0.15) is 25.9 Å². The minimum atomic E-state index is -2.97. The highest BCUT2D eigenvalue weighted by Crippen LogP contribution is 2.33.